The van der Waals surface area contributed by atoms with Gasteiger partial charge in [0.1, 0.15) is 0 Å². The number of hydrogen-bond donors (Lipinski definition) is 1. The van der Waals surface area contributed by atoms with Gasteiger partial charge in [-0.15, -0.1) is 0 Å². The predicted molar refractivity (Wildman–Crippen MR) is 77.3 cm³/mol. The minimum atomic E-state index is -0.339. The number of nitrogens with zero attached hydrogens (tertiary/aromatic N) is 1. The average molecular weight is 291 g/mol. The van der Waals surface area contributed by atoms with Crippen molar-refractivity contribution in [1.29, 1.82) is 0 Å². The number of nitrogens with two attached hydrogens (primary N) is 1. The van der Waals surface area contributed by atoms with E-state index in [1.807, 2.05) is 18.2 Å². The summed E-state index contributed by atoms with van der Waals surface area (Å²) in [5.74, 6) is 1.37. The van der Waals surface area contributed by atoms with Gasteiger partial charge in [-0.3, -0.25) is 4.98 Å². The number of aromatic nitrogens is 1. The third kappa shape index (κ3) is 2.57. The van der Waals surface area contributed by atoms with Crippen LogP contribution in [0.3, 0.4) is 0 Å². The first-order valence-electron chi connectivity index (χ1n) is 6.50. The number of hydrogen-bond acceptors (Lipinski definition) is 4. The number of pyridine rings is 1. The van der Waals surface area contributed by atoms with Gasteiger partial charge < -0.3 is 15.2 Å². The van der Waals surface area contributed by atoms with Crippen LogP contribution in [0.1, 0.15) is 23.6 Å². The number of benzene rings is 1. The molecule has 0 spiro atoms. The molecule has 0 bridgehead atoms. The van der Waals surface area contributed by atoms with Gasteiger partial charge in [-0.2, -0.15) is 0 Å². The summed E-state index contributed by atoms with van der Waals surface area (Å²) >= 11 is 6.32. The second kappa shape index (κ2) is 5.69. The quantitative estimate of drug-likeness (QED) is 0.924. The van der Waals surface area contributed by atoms with E-state index in [1.165, 1.54) is 0 Å². The van der Waals surface area contributed by atoms with Crippen LogP contribution in [0, 0.1) is 0 Å². The number of rotatable bonds is 2. The predicted octanol–water partition coefficient (Wildman–Crippen LogP) is 2.94. The fourth-order valence-corrected chi connectivity index (χ4v) is 2.45. The Morgan fingerprint density at radius 1 is 1.20 bits per heavy atom. The topological polar surface area (TPSA) is 57.4 Å². The molecule has 2 N–H and O–H groups in total. The Balaban J connectivity index is 1.99. The summed E-state index contributed by atoms with van der Waals surface area (Å²) in [7, 11) is 0. The molecule has 1 aromatic heterocycles. The standard InChI is InChI=1S/C15H15ClN2O2/c16-12-8-14-13(19-5-2-6-20-14)7-11(12)15(17)10-3-1-4-18-9-10/h1,3-4,7-9,15H,2,5-6,17H2. The zero-order chi connectivity index (χ0) is 13.9. The molecule has 1 unspecified atom stereocenters. The maximum atomic E-state index is 6.32. The van der Waals surface area contributed by atoms with Crippen LogP contribution in [0.5, 0.6) is 11.5 Å². The van der Waals surface area contributed by atoms with Crippen molar-refractivity contribution in [3.05, 3.63) is 52.8 Å². The van der Waals surface area contributed by atoms with E-state index in [1.54, 1.807) is 18.5 Å². The molecule has 0 saturated carbocycles. The fourth-order valence-electron chi connectivity index (χ4n) is 2.18. The van der Waals surface area contributed by atoms with Gasteiger partial charge in [-0.25, -0.2) is 0 Å². The summed E-state index contributed by atoms with van der Waals surface area (Å²) in [4.78, 5) is 4.08. The van der Waals surface area contributed by atoms with E-state index in [4.69, 9.17) is 26.8 Å². The van der Waals surface area contributed by atoms with Crippen molar-refractivity contribution in [2.45, 2.75) is 12.5 Å². The molecule has 0 aliphatic carbocycles. The highest BCUT2D eigenvalue weighted by Crippen LogP contribution is 2.38. The molecule has 2 aromatic rings. The Morgan fingerprint density at radius 2 is 1.95 bits per heavy atom. The van der Waals surface area contributed by atoms with Crippen molar-refractivity contribution < 1.29 is 9.47 Å². The van der Waals surface area contributed by atoms with Crippen molar-refractivity contribution in [1.82, 2.24) is 4.98 Å². The number of ether oxygens (including phenoxy) is 2. The van der Waals surface area contributed by atoms with Crippen molar-refractivity contribution in [3.8, 4) is 11.5 Å². The highest BCUT2D eigenvalue weighted by Gasteiger charge is 2.19. The molecule has 20 heavy (non-hydrogen) atoms. The van der Waals surface area contributed by atoms with Crippen LogP contribution in [0.2, 0.25) is 5.02 Å². The largest absolute Gasteiger partial charge is 0.490 e. The Hall–Kier alpha value is -1.78. The van der Waals surface area contributed by atoms with Gasteiger partial charge in [0.15, 0.2) is 11.5 Å². The van der Waals surface area contributed by atoms with Gasteiger partial charge in [0.05, 0.1) is 19.3 Å². The summed E-state index contributed by atoms with van der Waals surface area (Å²) in [5, 5.41) is 0.575. The maximum Gasteiger partial charge on any atom is 0.162 e. The molecular formula is C15H15ClN2O2. The van der Waals surface area contributed by atoms with E-state index in [0.29, 0.717) is 29.7 Å². The molecule has 0 radical (unpaired) electrons. The minimum Gasteiger partial charge on any atom is -0.490 e. The molecule has 0 fully saturated rings. The molecule has 1 aromatic carbocycles. The van der Waals surface area contributed by atoms with E-state index >= 15 is 0 Å². The number of halogens is 1. The minimum absolute atomic E-state index is 0.339. The van der Waals surface area contributed by atoms with Gasteiger partial charge in [-0.1, -0.05) is 17.7 Å². The van der Waals surface area contributed by atoms with Gasteiger partial charge in [0.2, 0.25) is 0 Å². The van der Waals surface area contributed by atoms with Crippen LogP contribution in [0.15, 0.2) is 36.7 Å². The Labute approximate surface area is 122 Å². The van der Waals surface area contributed by atoms with Crippen LogP contribution >= 0.6 is 11.6 Å². The van der Waals surface area contributed by atoms with E-state index in [2.05, 4.69) is 4.98 Å². The second-order valence-electron chi connectivity index (χ2n) is 4.63. The lowest BCUT2D eigenvalue weighted by Gasteiger charge is -2.16. The zero-order valence-electron chi connectivity index (χ0n) is 10.9. The average Bonchev–Trinajstić information content (AvgIpc) is 2.71. The summed E-state index contributed by atoms with van der Waals surface area (Å²) < 4.78 is 11.3. The summed E-state index contributed by atoms with van der Waals surface area (Å²) in [6.07, 6.45) is 4.31. The molecule has 2 heterocycles. The first kappa shape index (κ1) is 13.2. The van der Waals surface area contributed by atoms with Gasteiger partial charge >= 0.3 is 0 Å². The maximum absolute atomic E-state index is 6.32. The smallest absolute Gasteiger partial charge is 0.162 e. The lowest BCUT2D eigenvalue weighted by molar-refractivity contribution is 0.297. The van der Waals surface area contributed by atoms with Crippen molar-refractivity contribution in [3.63, 3.8) is 0 Å². The molecular weight excluding hydrogens is 276 g/mol. The monoisotopic (exact) mass is 290 g/mol. The lowest BCUT2D eigenvalue weighted by Crippen LogP contribution is -2.13. The Bertz CT molecular complexity index is 604. The second-order valence-corrected chi connectivity index (χ2v) is 5.04. The molecule has 1 aliphatic heterocycles. The fraction of sp³-hybridized carbons (Fsp3) is 0.267. The van der Waals surface area contributed by atoms with Crippen LogP contribution in [0.4, 0.5) is 0 Å². The van der Waals surface area contributed by atoms with Crippen LogP contribution in [0.25, 0.3) is 0 Å². The summed E-state index contributed by atoms with van der Waals surface area (Å²) in [6, 6.07) is 7.07. The molecule has 0 saturated heterocycles. The van der Waals surface area contributed by atoms with Gasteiger partial charge in [-0.05, 0) is 23.3 Å². The normalized spacial score (nSPS) is 15.5. The third-order valence-electron chi connectivity index (χ3n) is 3.25. The molecule has 3 rings (SSSR count). The first-order chi connectivity index (χ1) is 9.75. The molecule has 4 nitrogen and oxygen atoms in total. The molecule has 1 aliphatic rings. The van der Waals surface area contributed by atoms with E-state index in [0.717, 1.165) is 17.5 Å². The highest BCUT2D eigenvalue weighted by atomic mass is 35.5. The first-order valence-corrected chi connectivity index (χ1v) is 6.88. The van der Waals surface area contributed by atoms with Crippen LogP contribution in [-0.2, 0) is 0 Å². The molecule has 5 heteroatoms. The van der Waals surface area contributed by atoms with E-state index < -0.39 is 0 Å². The van der Waals surface area contributed by atoms with Crippen molar-refractivity contribution in [2.24, 2.45) is 5.73 Å². The van der Waals surface area contributed by atoms with Crippen LogP contribution in [-0.4, -0.2) is 18.2 Å². The SMILES string of the molecule is NC(c1cccnc1)c1cc2c(cc1Cl)OCCCO2. The highest BCUT2D eigenvalue weighted by molar-refractivity contribution is 6.31. The van der Waals surface area contributed by atoms with E-state index in [9.17, 15) is 0 Å². The van der Waals surface area contributed by atoms with Crippen molar-refractivity contribution in [2.75, 3.05) is 13.2 Å². The van der Waals surface area contributed by atoms with Crippen LogP contribution < -0.4 is 15.2 Å². The number of fused-ring (bicyclic) bond motifs is 1. The summed E-state index contributed by atoms with van der Waals surface area (Å²) in [6.45, 7) is 1.27. The lowest BCUT2D eigenvalue weighted by atomic mass is 10.0. The van der Waals surface area contributed by atoms with Gasteiger partial charge in [0.25, 0.3) is 0 Å². The van der Waals surface area contributed by atoms with Gasteiger partial charge in [0, 0.05) is 29.9 Å². The zero-order valence-corrected chi connectivity index (χ0v) is 11.6. The molecule has 0 amide bonds. The van der Waals surface area contributed by atoms with E-state index in [-0.39, 0.29) is 6.04 Å². The Kier molecular flexibility index (Phi) is 3.76. The summed E-state index contributed by atoms with van der Waals surface area (Å²) in [5.41, 5.74) is 7.98. The third-order valence-corrected chi connectivity index (χ3v) is 3.57. The molecule has 104 valence electrons. The Morgan fingerprint density at radius 3 is 2.65 bits per heavy atom. The van der Waals surface area contributed by atoms with Crippen molar-refractivity contribution >= 4 is 11.6 Å². The molecule has 1 atom stereocenters.